The second-order valence-electron chi connectivity index (χ2n) is 2.92. The summed E-state index contributed by atoms with van der Waals surface area (Å²) in [5, 5.41) is 0. The molecule has 0 saturated carbocycles. The van der Waals surface area contributed by atoms with Crippen LogP contribution in [0.15, 0.2) is 45.5 Å². The fourth-order valence-corrected chi connectivity index (χ4v) is 1.48. The minimum absolute atomic E-state index is 0.215. The number of hydrogen-bond acceptors (Lipinski definition) is 2. The van der Waals surface area contributed by atoms with Crippen LogP contribution in [0.4, 0.5) is 4.39 Å². The number of rotatable bonds is 3. The van der Waals surface area contributed by atoms with Gasteiger partial charge in [-0.05, 0) is 40.2 Å². The molecule has 0 aliphatic rings. The zero-order valence-electron chi connectivity index (χ0n) is 7.74. The Bertz CT molecular complexity index is 453. The summed E-state index contributed by atoms with van der Waals surface area (Å²) < 4.78 is 24.2. The van der Waals surface area contributed by atoms with Gasteiger partial charge in [-0.25, -0.2) is 4.39 Å². The van der Waals surface area contributed by atoms with E-state index in [0.29, 0.717) is 10.4 Å². The average Bonchev–Trinajstić information content (AvgIpc) is 2.63. The van der Waals surface area contributed by atoms with Gasteiger partial charge < -0.3 is 9.15 Å². The maximum absolute atomic E-state index is 13.1. The minimum atomic E-state index is -0.372. The summed E-state index contributed by atoms with van der Waals surface area (Å²) >= 11 is 3.18. The molecule has 0 N–H and O–H groups in total. The largest absolute Gasteiger partial charge is 0.483 e. The SMILES string of the molecule is Fc1ccccc1OCc1ccc(Br)o1. The van der Waals surface area contributed by atoms with Crippen molar-refractivity contribution in [1.82, 2.24) is 0 Å². The second-order valence-corrected chi connectivity index (χ2v) is 3.71. The molecular formula is C11H8BrFO2. The van der Waals surface area contributed by atoms with Crippen LogP contribution in [0.2, 0.25) is 0 Å². The quantitative estimate of drug-likeness (QED) is 0.848. The Hall–Kier alpha value is -1.29. The molecule has 0 radical (unpaired) electrons. The first-order valence-electron chi connectivity index (χ1n) is 4.37. The number of benzene rings is 1. The van der Waals surface area contributed by atoms with Crippen molar-refractivity contribution in [3.63, 3.8) is 0 Å². The first-order chi connectivity index (χ1) is 7.25. The van der Waals surface area contributed by atoms with Gasteiger partial charge in [-0.3, -0.25) is 0 Å². The standard InChI is InChI=1S/C11H8BrFO2/c12-11-6-5-8(15-11)7-14-10-4-2-1-3-9(10)13/h1-6H,7H2. The van der Waals surface area contributed by atoms with Gasteiger partial charge in [-0.15, -0.1) is 0 Å². The Morgan fingerprint density at radius 3 is 2.67 bits per heavy atom. The van der Waals surface area contributed by atoms with E-state index in [2.05, 4.69) is 15.9 Å². The Morgan fingerprint density at radius 1 is 1.20 bits per heavy atom. The van der Waals surface area contributed by atoms with Crippen molar-refractivity contribution in [3.05, 3.63) is 52.6 Å². The summed E-state index contributed by atoms with van der Waals surface area (Å²) in [5.74, 6) is 0.498. The zero-order valence-corrected chi connectivity index (χ0v) is 9.33. The highest BCUT2D eigenvalue weighted by molar-refractivity contribution is 9.10. The summed E-state index contributed by atoms with van der Waals surface area (Å²) in [5.41, 5.74) is 0. The lowest BCUT2D eigenvalue weighted by atomic mass is 10.3. The highest BCUT2D eigenvalue weighted by Crippen LogP contribution is 2.19. The number of para-hydroxylation sites is 1. The van der Waals surface area contributed by atoms with Gasteiger partial charge in [-0.2, -0.15) is 0 Å². The van der Waals surface area contributed by atoms with Crippen LogP contribution in [0.5, 0.6) is 5.75 Å². The fourth-order valence-electron chi connectivity index (χ4n) is 1.14. The highest BCUT2D eigenvalue weighted by atomic mass is 79.9. The third kappa shape index (κ3) is 2.59. The van der Waals surface area contributed by atoms with Gasteiger partial charge in [0.15, 0.2) is 16.2 Å². The van der Waals surface area contributed by atoms with Crippen LogP contribution in [0.1, 0.15) is 5.76 Å². The smallest absolute Gasteiger partial charge is 0.169 e. The van der Waals surface area contributed by atoms with Crippen molar-refractivity contribution in [2.45, 2.75) is 6.61 Å². The minimum Gasteiger partial charge on any atom is -0.483 e. The summed E-state index contributed by atoms with van der Waals surface area (Å²) in [6.45, 7) is 0.215. The topological polar surface area (TPSA) is 22.4 Å². The lowest BCUT2D eigenvalue weighted by molar-refractivity contribution is 0.256. The third-order valence-electron chi connectivity index (χ3n) is 1.84. The Morgan fingerprint density at radius 2 is 2.00 bits per heavy atom. The lowest BCUT2D eigenvalue weighted by Crippen LogP contribution is -1.95. The van der Waals surface area contributed by atoms with Crippen molar-refractivity contribution in [2.75, 3.05) is 0 Å². The molecule has 0 spiro atoms. The summed E-state index contributed by atoms with van der Waals surface area (Å²) in [6, 6.07) is 9.80. The van der Waals surface area contributed by atoms with Crippen LogP contribution < -0.4 is 4.74 Å². The summed E-state index contributed by atoms with van der Waals surface area (Å²) in [4.78, 5) is 0. The molecule has 2 nitrogen and oxygen atoms in total. The van der Waals surface area contributed by atoms with E-state index in [-0.39, 0.29) is 18.2 Å². The fraction of sp³-hybridized carbons (Fsp3) is 0.0909. The molecule has 0 aliphatic heterocycles. The zero-order chi connectivity index (χ0) is 10.7. The number of halogens is 2. The molecule has 0 saturated heterocycles. The van der Waals surface area contributed by atoms with Gasteiger partial charge in [0.25, 0.3) is 0 Å². The van der Waals surface area contributed by atoms with Gasteiger partial charge in [0.2, 0.25) is 0 Å². The molecule has 15 heavy (non-hydrogen) atoms. The third-order valence-corrected chi connectivity index (χ3v) is 2.26. The van der Waals surface area contributed by atoms with Crippen molar-refractivity contribution >= 4 is 15.9 Å². The molecule has 1 aromatic heterocycles. The molecular weight excluding hydrogens is 263 g/mol. The van der Waals surface area contributed by atoms with E-state index in [9.17, 15) is 4.39 Å². The van der Waals surface area contributed by atoms with Gasteiger partial charge in [0.05, 0.1) is 0 Å². The van der Waals surface area contributed by atoms with Crippen molar-refractivity contribution < 1.29 is 13.5 Å². The molecule has 2 rings (SSSR count). The van der Waals surface area contributed by atoms with Gasteiger partial charge in [0, 0.05) is 0 Å². The molecule has 0 amide bonds. The van der Waals surface area contributed by atoms with Gasteiger partial charge in [0.1, 0.15) is 12.4 Å². The number of ether oxygens (including phenoxy) is 1. The van der Waals surface area contributed by atoms with E-state index in [0.717, 1.165) is 0 Å². The maximum Gasteiger partial charge on any atom is 0.169 e. The Labute approximate surface area is 94.8 Å². The molecule has 1 aromatic carbocycles. The van der Waals surface area contributed by atoms with Crippen LogP contribution in [-0.4, -0.2) is 0 Å². The summed E-state index contributed by atoms with van der Waals surface area (Å²) in [6.07, 6.45) is 0. The summed E-state index contributed by atoms with van der Waals surface area (Å²) in [7, 11) is 0. The molecule has 0 unspecified atom stereocenters. The van der Waals surface area contributed by atoms with E-state index in [4.69, 9.17) is 9.15 Å². The molecule has 0 atom stereocenters. The lowest BCUT2D eigenvalue weighted by Gasteiger charge is -2.04. The van der Waals surface area contributed by atoms with E-state index < -0.39 is 0 Å². The highest BCUT2D eigenvalue weighted by Gasteiger charge is 2.04. The normalized spacial score (nSPS) is 10.3. The predicted octanol–water partition coefficient (Wildman–Crippen LogP) is 3.76. The van der Waals surface area contributed by atoms with Gasteiger partial charge >= 0.3 is 0 Å². The number of furan rings is 1. The molecule has 0 bridgehead atoms. The second kappa shape index (κ2) is 4.49. The number of hydrogen-bond donors (Lipinski definition) is 0. The Balaban J connectivity index is 2.02. The predicted molar refractivity (Wildman–Crippen MR) is 57.1 cm³/mol. The van der Waals surface area contributed by atoms with Crippen molar-refractivity contribution in [1.29, 1.82) is 0 Å². The molecule has 78 valence electrons. The van der Waals surface area contributed by atoms with E-state index in [1.54, 1.807) is 30.3 Å². The molecule has 4 heteroatoms. The van der Waals surface area contributed by atoms with Crippen LogP contribution in [0, 0.1) is 5.82 Å². The van der Waals surface area contributed by atoms with E-state index >= 15 is 0 Å². The monoisotopic (exact) mass is 270 g/mol. The molecule has 2 aromatic rings. The maximum atomic E-state index is 13.1. The Kier molecular flexibility index (Phi) is 3.06. The average molecular weight is 271 g/mol. The van der Waals surface area contributed by atoms with Crippen LogP contribution in [0.25, 0.3) is 0 Å². The van der Waals surface area contributed by atoms with Crippen LogP contribution >= 0.6 is 15.9 Å². The molecule has 1 heterocycles. The molecule has 0 fully saturated rings. The first kappa shape index (κ1) is 10.2. The van der Waals surface area contributed by atoms with Crippen molar-refractivity contribution in [2.24, 2.45) is 0 Å². The first-order valence-corrected chi connectivity index (χ1v) is 5.16. The van der Waals surface area contributed by atoms with Crippen LogP contribution in [-0.2, 0) is 6.61 Å². The molecule has 0 aliphatic carbocycles. The van der Waals surface area contributed by atoms with Crippen LogP contribution in [0.3, 0.4) is 0 Å². The van der Waals surface area contributed by atoms with E-state index in [1.165, 1.54) is 6.07 Å². The van der Waals surface area contributed by atoms with E-state index in [1.807, 2.05) is 0 Å². The van der Waals surface area contributed by atoms with Gasteiger partial charge in [-0.1, -0.05) is 12.1 Å². The van der Waals surface area contributed by atoms with Crippen molar-refractivity contribution in [3.8, 4) is 5.75 Å².